The van der Waals surface area contributed by atoms with Crippen molar-refractivity contribution >= 4 is 47.0 Å². The first-order valence-electron chi connectivity index (χ1n) is 14.9. The maximum atomic E-state index is 12.9. The minimum absolute atomic E-state index is 0.0529. The topological polar surface area (TPSA) is 170 Å². The van der Waals surface area contributed by atoms with Crippen LogP contribution in [0.1, 0.15) is 80.4 Å². The largest absolute Gasteiger partial charge is 0.443 e. The molecule has 0 saturated carbocycles. The number of carbonyl (C=O) groups excluding carboxylic acids is 2. The van der Waals surface area contributed by atoms with Crippen molar-refractivity contribution < 1.29 is 38.0 Å². The SMILES string of the molecule is CCOC(Cc1c(Cl)ncnc1N(C(=O)OC(C)(C)C)C(=O)OC(C)(C)C)OCC.CCOC(Cc1c(N)ncnc1Cl)OCC. The molecule has 0 radical (unpaired) electrons. The van der Waals surface area contributed by atoms with Crippen molar-refractivity contribution in [3.63, 3.8) is 0 Å². The lowest BCUT2D eigenvalue weighted by Gasteiger charge is -2.29. The van der Waals surface area contributed by atoms with Gasteiger partial charge in [-0.25, -0.2) is 29.5 Å². The average Bonchev–Trinajstić information content (AvgIpc) is 2.91. The van der Waals surface area contributed by atoms with E-state index in [0.717, 1.165) is 6.33 Å². The number of nitrogens with two attached hydrogens (primary N) is 1. The number of nitrogen functional groups attached to an aromatic ring is 1. The molecule has 2 N–H and O–H groups in total. The number of amides is 2. The van der Waals surface area contributed by atoms with Gasteiger partial charge in [0.05, 0.1) is 0 Å². The Kier molecular flexibility index (Phi) is 17.6. The van der Waals surface area contributed by atoms with Crippen molar-refractivity contribution in [1.29, 1.82) is 0 Å². The molecule has 0 bridgehead atoms. The minimum Gasteiger partial charge on any atom is -0.443 e. The Morgan fingerprint density at radius 2 is 1.07 bits per heavy atom. The molecule has 2 aromatic heterocycles. The number of halogens is 2. The summed E-state index contributed by atoms with van der Waals surface area (Å²) in [5.74, 6) is 0.312. The molecule has 0 fully saturated rings. The van der Waals surface area contributed by atoms with Gasteiger partial charge in [0, 0.05) is 50.4 Å². The van der Waals surface area contributed by atoms with Gasteiger partial charge >= 0.3 is 12.2 Å². The monoisotopic (exact) mass is 690 g/mol. The number of nitrogens with zero attached hydrogens (tertiary/aromatic N) is 5. The van der Waals surface area contributed by atoms with Crippen LogP contribution in [0.25, 0.3) is 0 Å². The van der Waals surface area contributed by atoms with E-state index in [0.29, 0.717) is 59.8 Å². The van der Waals surface area contributed by atoms with Crippen LogP contribution >= 0.6 is 23.2 Å². The highest BCUT2D eigenvalue weighted by atomic mass is 35.5. The van der Waals surface area contributed by atoms with E-state index in [2.05, 4.69) is 19.9 Å². The summed E-state index contributed by atoms with van der Waals surface area (Å²) >= 11 is 12.2. The summed E-state index contributed by atoms with van der Waals surface area (Å²) in [6, 6.07) is 0. The van der Waals surface area contributed by atoms with E-state index in [1.54, 1.807) is 41.5 Å². The first-order valence-corrected chi connectivity index (χ1v) is 15.7. The third-order valence-electron chi connectivity index (χ3n) is 5.31. The molecular formula is C30H48Cl2N6O8. The van der Waals surface area contributed by atoms with Gasteiger partial charge in [-0.3, -0.25) is 0 Å². The Bertz CT molecular complexity index is 1180. The van der Waals surface area contributed by atoms with Crippen molar-refractivity contribution in [1.82, 2.24) is 19.9 Å². The second-order valence-electron chi connectivity index (χ2n) is 11.4. The molecule has 2 heterocycles. The molecule has 0 aromatic carbocycles. The first kappa shape index (κ1) is 41.1. The number of aromatic nitrogens is 4. The van der Waals surface area contributed by atoms with Crippen molar-refractivity contribution in [2.75, 3.05) is 37.1 Å². The predicted molar refractivity (Wildman–Crippen MR) is 175 cm³/mol. The van der Waals surface area contributed by atoms with Gasteiger partial charge < -0.3 is 34.2 Å². The standard InChI is InChI=1S/C20H32ClN3O6.C10H16ClN3O2/c1-9-27-14(28-10-2)11-13-15(21)22-12-23-16(13)24(17(25)29-19(3,4)5)18(26)30-20(6,7)8;1-3-15-8(16-4-2)5-7-9(11)13-6-14-10(7)12/h12,14H,9-11H2,1-8H3;6,8H,3-5H2,1-2H3,(H2,12,13,14). The lowest BCUT2D eigenvalue weighted by atomic mass is 10.2. The highest BCUT2D eigenvalue weighted by Crippen LogP contribution is 2.29. The van der Waals surface area contributed by atoms with E-state index in [1.807, 2.05) is 27.7 Å². The summed E-state index contributed by atoms with van der Waals surface area (Å²) < 4.78 is 32.8. The smallest absolute Gasteiger partial charge is 0.425 e. The van der Waals surface area contributed by atoms with Gasteiger partial charge in [0.1, 0.15) is 40.0 Å². The molecule has 0 aliphatic rings. The lowest BCUT2D eigenvalue weighted by Crippen LogP contribution is -2.45. The van der Waals surface area contributed by atoms with Crippen LogP contribution in [0.3, 0.4) is 0 Å². The van der Waals surface area contributed by atoms with E-state index < -0.39 is 29.7 Å². The Balaban J connectivity index is 0.000000554. The summed E-state index contributed by atoms with van der Waals surface area (Å²) in [5.41, 5.74) is 4.97. The molecule has 0 spiro atoms. The van der Waals surface area contributed by atoms with Gasteiger partial charge in [-0.15, -0.1) is 0 Å². The number of anilines is 2. The molecule has 0 aliphatic carbocycles. The van der Waals surface area contributed by atoms with Gasteiger partial charge in [0.25, 0.3) is 0 Å². The molecule has 0 aliphatic heterocycles. The third-order valence-corrected chi connectivity index (χ3v) is 5.96. The van der Waals surface area contributed by atoms with Gasteiger partial charge in [0.15, 0.2) is 18.4 Å². The van der Waals surface area contributed by atoms with Crippen LogP contribution in [-0.4, -0.2) is 82.3 Å². The normalized spacial score (nSPS) is 11.7. The maximum Gasteiger partial charge on any atom is 0.425 e. The zero-order chi connectivity index (χ0) is 35.1. The molecule has 14 nitrogen and oxygen atoms in total. The fourth-order valence-electron chi connectivity index (χ4n) is 3.61. The van der Waals surface area contributed by atoms with Gasteiger partial charge in [0.2, 0.25) is 0 Å². The molecule has 0 unspecified atom stereocenters. The average molecular weight is 692 g/mol. The van der Waals surface area contributed by atoms with E-state index >= 15 is 0 Å². The maximum absolute atomic E-state index is 12.9. The molecular weight excluding hydrogens is 643 g/mol. The minimum atomic E-state index is -0.947. The van der Waals surface area contributed by atoms with E-state index in [-0.39, 0.29) is 23.7 Å². The molecule has 2 amide bonds. The zero-order valence-corrected chi connectivity index (χ0v) is 29.9. The summed E-state index contributed by atoms with van der Waals surface area (Å²) in [4.78, 5) is 42.4. The van der Waals surface area contributed by atoms with E-state index in [4.69, 9.17) is 57.4 Å². The molecule has 46 heavy (non-hydrogen) atoms. The first-order chi connectivity index (χ1) is 21.5. The van der Waals surface area contributed by atoms with Crippen LogP contribution in [0.15, 0.2) is 12.7 Å². The molecule has 0 atom stereocenters. The Hall–Kier alpha value is -2.88. The fourth-order valence-corrected chi connectivity index (χ4v) is 4.04. The predicted octanol–water partition coefficient (Wildman–Crippen LogP) is 6.40. The Morgan fingerprint density at radius 3 is 1.43 bits per heavy atom. The van der Waals surface area contributed by atoms with E-state index in [1.165, 1.54) is 6.33 Å². The van der Waals surface area contributed by atoms with Crippen LogP contribution in [0, 0.1) is 0 Å². The van der Waals surface area contributed by atoms with Crippen molar-refractivity contribution in [3.8, 4) is 0 Å². The van der Waals surface area contributed by atoms with Crippen LogP contribution < -0.4 is 10.6 Å². The zero-order valence-electron chi connectivity index (χ0n) is 28.4. The number of ether oxygens (including phenoxy) is 6. The van der Waals surface area contributed by atoms with Crippen LogP contribution in [-0.2, 0) is 41.3 Å². The number of hydrogen-bond acceptors (Lipinski definition) is 13. The quantitative estimate of drug-likeness (QED) is 0.181. The summed E-state index contributed by atoms with van der Waals surface area (Å²) in [6.45, 7) is 19.5. The van der Waals surface area contributed by atoms with Gasteiger partial charge in [-0.1, -0.05) is 23.2 Å². The van der Waals surface area contributed by atoms with Crippen molar-refractivity contribution in [3.05, 3.63) is 34.1 Å². The number of hydrogen-bond donors (Lipinski definition) is 1. The Morgan fingerprint density at radius 1 is 0.696 bits per heavy atom. The van der Waals surface area contributed by atoms with Crippen LogP contribution in [0.2, 0.25) is 10.3 Å². The molecule has 260 valence electrons. The van der Waals surface area contributed by atoms with Crippen molar-refractivity contribution in [2.24, 2.45) is 0 Å². The second-order valence-corrected chi connectivity index (χ2v) is 12.1. The van der Waals surface area contributed by atoms with Crippen LogP contribution in [0.5, 0.6) is 0 Å². The van der Waals surface area contributed by atoms with Crippen LogP contribution in [0.4, 0.5) is 21.2 Å². The van der Waals surface area contributed by atoms with Gasteiger partial charge in [-0.05, 0) is 69.2 Å². The second kappa shape index (κ2) is 19.7. The number of rotatable bonds is 13. The van der Waals surface area contributed by atoms with Crippen molar-refractivity contribution in [2.45, 2.75) is 106 Å². The van der Waals surface area contributed by atoms with E-state index in [9.17, 15) is 9.59 Å². The highest BCUT2D eigenvalue weighted by Gasteiger charge is 2.36. The molecule has 2 aromatic rings. The summed E-state index contributed by atoms with van der Waals surface area (Å²) in [5, 5.41) is 0.401. The fraction of sp³-hybridized carbons (Fsp3) is 0.667. The Labute approximate surface area is 281 Å². The lowest BCUT2D eigenvalue weighted by molar-refractivity contribution is -0.134. The highest BCUT2D eigenvalue weighted by molar-refractivity contribution is 6.31. The summed E-state index contributed by atoms with van der Waals surface area (Å²) in [7, 11) is 0. The number of imide groups is 1. The third kappa shape index (κ3) is 14.7. The summed E-state index contributed by atoms with van der Waals surface area (Å²) in [6.07, 6.45) is 0.124. The number of carbonyl (C=O) groups is 2. The van der Waals surface area contributed by atoms with Gasteiger partial charge in [-0.2, -0.15) is 4.90 Å². The molecule has 16 heteroatoms. The molecule has 2 rings (SSSR count). The molecule has 0 saturated heterocycles.